The minimum atomic E-state index is 0.152. The molecule has 0 aliphatic carbocycles. The molecule has 1 amide bonds. The average Bonchev–Trinajstić information content (AvgIpc) is 3.06. The Labute approximate surface area is 143 Å². The Morgan fingerprint density at radius 1 is 1.13 bits per heavy atom. The van der Waals surface area contributed by atoms with Crippen molar-refractivity contribution in [3.63, 3.8) is 0 Å². The number of aryl methyl sites for hydroxylation is 1. The van der Waals surface area contributed by atoms with Crippen LogP contribution in [-0.4, -0.2) is 31.4 Å². The fourth-order valence-electron chi connectivity index (χ4n) is 2.61. The summed E-state index contributed by atoms with van der Waals surface area (Å²) in [5, 5.41) is 5.18. The van der Waals surface area contributed by atoms with Gasteiger partial charge < -0.3 is 10.2 Å². The lowest BCUT2D eigenvalue weighted by Gasteiger charge is -2.25. The third kappa shape index (κ3) is 6.16. The van der Waals surface area contributed by atoms with Crippen molar-refractivity contribution in [2.24, 2.45) is 0 Å². The van der Waals surface area contributed by atoms with E-state index < -0.39 is 0 Å². The first kappa shape index (κ1) is 17.7. The lowest BCUT2D eigenvalue weighted by atomic mass is 10.1. The molecule has 0 bridgehead atoms. The molecule has 0 saturated carbocycles. The molecule has 1 aromatic heterocycles. The van der Waals surface area contributed by atoms with Gasteiger partial charge in [-0.2, -0.15) is 0 Å². The van der Waals surface area contributed by atoms with E-state index in [4.69, 9.17) is 0 Å². The van der Waals surface area contributed by atoms with Crippen LogP contribution in [0.15, 0.2) is 47.8 Å². The number of thiophene rings is 1. The van der Waals surface area contributed by atoms with Gasteiger partial charge in [0.2, 0.25) is 5.91 Å². The maximum Gasteiger partial charge on any atom is 0.220 e. The van der Waals surface area contributed by atoms with Crippen LogP contribution < -0.4 is 5.32 Å². The van der Waals surface area contributed by atoms with Crippen LogP contribution in [-0.2, 0) is 11.2 Å². The summed E-state index contributed by atoms with van der Waals surface area (Å²) >= 11 is 1.79. The molecule has 1 N–H and O–H groups in total. The molecule has 124 valence electrons. The highest BCUT2D eigenvalue weighted by atomic mass is 32.1. The van der Waals surface area contributed by atoms with E-state index in [0.29, 0.717) is 13.0 Å². The summed E-state index contributed by atoms with van der Waals surface area (Å²) in [6.45, 7) is 0.654. The average molecular weight is 330 g/mol. The van der Waals surface area contributed by atoms with Crippen LogP contribution in [0.2, 0.25) is 0 Å². The number of hydrogen-bond donors (Lipinski definition) is 1. The van der Waals surface area contributed by atoms with E-state index >= 15 is 0 Å². The highest BCUT2D eigenvalue weighted by Gasteiger charge is 2.14. The highest BCUT2D eigenvalue weighted by molar-refractivity contribution is 7.09. The lowest BCUT2D eigenvalue weighted by Crippen LogP contribution is -2.34. The Balaban J connectivity index is 1.69. The second-order valence-corrected chi connectivity index (χ2v) is 7.01. The molecule has 23 heavy (non-hydrogen) atoms. The molecule has 0 aliphatic heterocycles. The van der Waals surface area contributed by atoms with Crippen molar-refractivity contribution < 1.29 is 4.79 Å². The Bertz CT molecular complexity index is 566. The van der Waals surface area contributed by atoms with Crippen LogP contribution >= 0.6 is 11.3 Å². The number of likely N-dealkylation sites (N-methyl/N-ethyl adjacent to an activating group) is 1. The van der Waals surface area contributed by atoms with Crippen LogP contribution in [0, 0.1) is 0 Å². The van der Waals surface area contributed by atoms with E-state index in [-0.39, 0.29) is 11.9 Å². The number of rotatable bonds is 9. The fourth-order valence-corrected chi connectivity index (χ4v) is 3.36. The molecule has 0 fully saturated rings. The summed E-state index contributed by atoms with van der Waals surface area (Å²) < 4.78 is 0. The SMILES string of the molecule is CN(C)C(CNC(=O)CCCCc1cccs1)c1ccccc1. The van der Waals surface area contributed by atoms with Crippen molar-refractivity contribution in [1.29, 1.82) is 0 Å². The van der Waals surface area contributed by atoms with Crippen LogP contribution in [0.4, 0.5) is 0 Å². The molecule has 1 aromatic carbocycles. The first-order valence-electron chi connectivity index (χ1n) is 8.17. The van der Waals surface area contributed by atoms with Gasteiger partial charge in [0, 0.05) is 17.8 Å². The minimum absolute atomic E-state index is 0.152. The van der Waals surface area contributed by atoms with Crippen molar-refractivity contribution in [1.82, 2.24) is 10.2 Å². The van der Waals surface area contributed by atoms with Gasteiger partial charge in [-0.05, 0) is 50.4 Å². The molecule has 1 unspecified atom stereocenters. The Hall–Kier alpha value is -1.65. The van der Waals surface area contributed by atoms with Crippen LogP contribution in [0.1, 0.15) is 35.7 Å². The number of carbonyl (C=O) groups excluding carboxylic acids is 1. The second-order valence-electron chi connectivity index (χ2n) is 5.98. The Morgan fingerprint density at radius 2 is 1.91 bits per heavy atom. The normalized spacial score (nSPS) is 12.3. The van der Waals surface area contributed by atoms with Gasteiger partial charge in [0.25, 0.3) is 0 Å². The maximum atomic E-state index is 12.0. The number of unbranched alkanes of at least 4 members (excludes halogenated alkanes) is 1. The zero-order valence-electron chi connectivity index (χ0n) is 14.0. The largest absolute Gasteiger partial charge is 0.354 e. The second kappa shape index (κ2) is 9.48. The van der Waals surface area contributed by atoms with Gasteiger partial charge in [0.15, 0.2) is 0 Å². The van der Waals surface area contributed by atoms with Crippen molar-refractivity contribution >= 4 is 17.2 Å². The monoisotopic (exact) mass is 330 g/mol. The Morgan fingerprint density at radius 3 is 2.57 bits per heavy atom. The number of hydrogen-bond acceptors (Lipinski definition) is 3. The molecule has 0 radical (unpaired) electrons. The van der Waals surface area contributed by atoms with Crippen LogP contribution in [0.25, 0.3) is 0 Å². The van der Waals surface area contributed by atoms with Gasteiger partial charge in [-0.25, -0.2) is 0 Å². The Kier molecular flexibility index (Phi) is 7.30. The summed E-state index contributed by atoms with van der Waals surface area (Å²) in [5.74, 6) is 0.152. The quantitative estimate of drug-likeness (QED) is 0.708. The van der Waals surface area contributed by atoms with Gasteiger partial charge >= 0.3 is 0 Å². The summed E-state index contributed by atoms with van der Waals surface area (Å²) in [7, 11) is 4.09. The summed E-state index contributed by atoms with van der Waals surface area (Å²) in [6, 6.07) is 14.8. The molecule has 0 spiro atoms. The van der Waals surface area contributed by atoms with E-state index in [1.165, 1.54) is 10.4 Å². The van der Waals surface area contributed by atoms with Crippen molar-refractivity contribution in [3.8, 4) is 0 Å². The summed E-state index contributed by atoms with van der Waals surface area (Å²) in [4.78, 5) is 15.6. The molecular weight excluding hydrogens is 304 g/mol. The third-order valence-corrected chi connectivity index (χ3v) is 4.89. The molecule has 3 nitrogen and oxygen atoms in total. The number of nitrogens with zero attached hydrogens (tertiary/aromatic N) is 1. The van der Waals surface area contributed by atoms with Gasteiger partial charge in [-0.1, -0.05) is 36.4 Å². The number of carbonyl (C=O) groups is 1. The third-order valence-electron chi connectivity index (χ3n) is 3.96. The minimum Gasteiger partial charge on any atom is -0.354 e. The van der Waals surface area contributed by atoms with E-state index in [0.717, 1.165) is 19.3 Å². The molecule has 2 rings (SSSR count). The van der Waals surface area contributed by atoms with Gasteiger partial charge in [0.1, 0.15) is 0 Å². The predicted molar refractivity (Wildman–Crippen MR) is 97.8 cm³/mol. The van der Waals surface area contributed by atoms with Crippen molar-refractivity contribution in [2.75, 3.05) is 20.6 Å². The molecule has 0 aliphatic rings. The van der Waals surface area contributed by atoms with Crippen molar-refractivity contribution in [3.05, 3.63) is 58.3 Å². The van der Waals surface area contributed by atoms with Gasteiger partial charge in [-0.3, -0.25) is 4.79 Å². The van der Waals surface area contributed by atoms with Crippen LogP contribution in [0.3, 0.4) is 0 Å². The maximum absolute atomic E-state index is 12.0. The number of nitrogens with one attached hydrogen (secondary N) is 1. The zero-order chi connectivity index (χ0) is 16.5. The lowest BCUT2D eigenvalue weighted by molar-refractivity contribution is -0.121. The molecule has 0 saturated heterocycles. The smallest absolute Gasteiger partial charge is 0.220 e. The van der Waals surface area contributed by atoms with E-state index in [2.05, 4.69) is 39.9 Å². The van der Waals surface area contributed by atoms with Gasteiger partial charge in [-0.15, -0.1) is 11.3 Å². The first-order valence-corrected chi connectivity index (χ1v) is 9.05. The zero-order valence-corrected chi connectivity index (χ0v) is 14.8. The molecular formula is C19H26N2OS. The number of amides is 1. The number of benzene rings is 1. The van der Waals surface area contributed by atoms with E-state index in [1.807, 2.05) is 32.3 Å². The fraction of sp³-hybridized carbons (Fsp3) is 0.421. The van der Waals surface area contributed by atoms with Crippen LogP contribution in [0.5, 0.6) is 0 Å². The predicted octanol–water partition coefficient (Wildman–Crippen LogP) is 3.88. The van der Waals surface area contributed by atoms with Crippen molar-refractivity contribution in [2.45, 2.75) is 31.7 Å². The van der Waals surface area contributed by atoms with E-state index in [9.17, 15) is 4.79 Å². The molecule has 4 heteroatoms. The van der Waals surface area contributed by atoms with E-state index in [1.54, 1.807) is 11.3 Å². The standard InChI is InChI=1S/C19H26N2OS/c1-21(2)18(16-9-4-3-5-10-16)15-20-19(22)13-7-6-11-17-12-8-14-23-17/h3-5,8-10,12,14,18H,6-7,11,13,15H2,1-2H3,(H,20,22). The molecule has 1 heterocycles. The molecule has 2 aromatic rings. The van der Waals surface area contributed by atoms with Gasteiger partial charge in [0.05, 0.1) is 6.04 Å². The molecule has 1 atom stereocenters. The highest BCUT2D eigenvalue weighted by Crippen LogP contribution is 2.17. The topological polar surface area (TPSA) is 32.3 Å². The first-order chi connectivity index (χ1) is 11.2. The summed E-state index contributed by atoms with van der Waals surface area (Å²) in [6.07, 6.45) is 3.71. The summed E-state index contributed by atoms with van der Waals surface area (Å²) in [5.41, 5.74) is 1.23.